The number of methoxy groups -OCH3 is 1. The molecule has 4 N–H and O–H groups in total. The van der Waals surface area contributed by atoms with Crippen LogP contribution in [-0.4, -0.2) is 28.2 Å². The van der Waals surface area contributed by atoms with Crippen LogP contribution in [0.4, 0.5) is 5.82 Å². The maximum Gasteiger partial charge on any atom is 0.308 e. The van der Waals surface area contributed by atoms with Gasteiger partial charge in [-0.25, -0.2) is 4.98 Å². The average molecular weight is 289 g/mol. The molecule has 7 nitrogen and oxygen atoms in total. The van der Waals surface area contributed by atoms with Crippen molar-refractivity contribution in [3.8, 4) is 5.75 Å². The predicted molar refractivity (Wildman–Crippen MR) is 76.4 cm³/mol. The molecule has 0 saturated heterocycles. The van der Waals surface area contributed by atoms with E-state index in [1.54, 1.807) is 19.2 Å². The summed E-state index contributed by atoms with van der Waals surface area (Å²) in [5.41, 5.74) is 6.03. The van der Waals surface area contributed by atoms with Gasteiger partial charge in [-0.15, -0.1) is 0 Å². The second-order valence-electron chi connectivity index (χ2n) is 4.47. The zero-order valence-electron chi connectivity index (χ0n) is 11.4. The van der Waals surface area contributed by atoms with Crippen molar-refractivity contribution in [1.82, 2.24) is 9.97 Å². The molecule has 0 aliphatic rings. The summed E-state index contributed by atoms with van der Waals surface area (Å²) >= 11 is 0. The first-order chi connectivity index (χ1) is 9.99. The molecule has 1 aromatic heterocycles. The number of anilines is 1. The van der Waals surface area contributed by atoms with E-state index < -0.39 is 17.9 Å². The molecule has 7 heteroatoms. The van der Waals surface area contributed by atoms with Crippen molar-refractivity contribution in [3.05, 3.63) is 51.6 Å². The van der Waals surface area contributed by atoms with Gasteiger partial charge < -0.3 is 20.6 Å². The van der Waals surface area contributed by atoms with Gasteiger partial charge in [-0.3, -0.25) is 9.59 Å². The maximum absolute atomic E-state index is 11.8. The monoisotopic (exact) mass is 289 g/mol. The Hall–Kier alpha value is -2.83. The number of benzene rings is 1. The van der Waals surface area contributed by atoms with Gasteiger partial charge in [0.15, 0.2) is 0 Å². The van der Waals surface area contributed by atoms with Crippen molar-refractivity contribution in [1.29, 1.82) is 0 Å². The smallest absolute Gasteiger partial charge is 0.308 e. The highest BCUT2D eigenvalue weighted by atomic mass is 16.5. The van der Waals surface area contributed by atoms with Crippen LogP contribution in [0.5, 0.6) is 5.75 Å². The van der Waals surface area contributed by atoms with Crippen LogP contribution in [-0.2, 0) is 17.6 Å². The first-order valence-corrected chi connectivity index (χ1v) is 6.22. The molecule has 0 aliphatic carbocycles. The summed E-state index contributed by atoms with van der Waals surface area (Å²) in [6, 6.07) is 7.30. The van der Waals surface area contributed by atoms with Crippen molar-refractivity contribution >= 4 is 11.8 Å². The van der Waals surface area contributed by atoms with Crippen LogP contribution in [0.3, 0.4) is 0 Å². The number of aromatic amines is 1. The van der Waals surface area contributed by atoms with Crippen LogP contribution in [0.25, 0.3) is 0 Å². The third kappa shape index (κ3) is 3.59. The number of carboxylic acids is 1. The van der Waals surface area contributed by atoms with Crippen molar-refractivity contribution in [2.45, 2.75) is 12.8 Å². The normalized spacial score (nSPS) is 10.3. The maximum atomic E-state index is 11.8. The van der Waals surface area contributed by atoms with Crippen LogP contribution in [0.1, 0.15) is 17.0 Å². The van der Waals surface area contributed by atoms with E-state index in [1.165, 1.54) is 0 Å². The van der Waals surface area contributed by atoms with Crippen LogP contribution >= 0.6 is 0 Å². The Kier molecular flexibility index (Phi) is 4.22. The zero-order valence-corrected chi connectivity index (χ0v) is 11.4. The van der Waals surface area contributed by atoms with Crippen molar-refractivity contribution in [3.63, 3.8) is 0 Å². The molecule has 0 aliphatic heterocycles. The van der Waals surface area contributed by atoms with Crippen LogP contribution in [0.15, 0.2) is 29.1 Å². The number of hydrogen-bond donors (Lipinski definition) is 3. The highest BCUT2D eigenvalue weighted by Crippen LogP contribution is 2.14. The third-order valence-electron chi connectivity index (χ3n) is 2.96. The van der Waals surface area contributed by atoms with E-state index in [2.05, 4.69) is 9.97 Å². The number of nitrogen functional groups attached to an aromatic ring is 1. The fourth-order valence-electron chi connectivity index (χ4n) is 1.91. The van der Waals surface area contributed by atoms with E-state index in [-0.39, 0.29) is 11.4 Å². The molecular weight excluding hydrogens is 274 g/mol. The van der Waals surface area contributed by atoms with E-state index in [4.69, 9.17) is 15.6 Å². The van der Waals surface area contributed by atoms with E-state index >= 15 is 0 Å². The minimum Gasteiger partial charge on any atom is -0.497 e. The summed E-state index contributed by atoms with van der Waals surface area (Å²) in [6.07, 6.45) is -0.0617. The SMILES string of the molecule is COc1ccc(Cc2nc(N)c(CC(=O)O)c(=O)[nH]2)cc1. The lowest BCUT2D eigenvalue weighted by atomic mass is 10.1. The van der Waals surface area contributed by atoms with Crippen molar-refractivity contribution in [2.24, 2.45) is 0 Å². The van der Waals surface area contributed by atoms with Gasteiger partial charge in [0, 0.05) is 6.42 Å². The summed E-state index contributed by atoms with van der Waals surface area (Å²) in [5, 5.41) is 8.72. The van der Waals surface area contributed by atoms with E-state index in [0.29, 0.717) is 12.2 Å². The van der Waals surface area contributed by atoms with Gasteiger partial charge in [0.05, 0.1) is 19.1 Å². The summed E-state index contributed by atoms with van der Waals surface area (Å²) < 4.78 is 5.06. The molecule has 1 heterocycles. The topological polar surface area (TPSA) is 118 Å². The Morgan fingerprint density at radius 1 is 1.38 bits per heavy atom. The highest BCUT2D eigenvalue weighted by molar-refractivity contribution is 5.71. The van der Waals surface area contributed by atoms with Gasteiger partial charge in [-0.05, 0) is 17.7 Å². The lowest BCUT2D eigenvalue weighted by Crippen LogP contribution is -2.22. The lowest BCUT2D eigenvalue weighted by molar-refractivity contribution is -0.136. The van der Waals surface area contributed by atoms with Crippen molar-refractivity contribution in [2.75, 3.05) is 12.8 Å². The quantitative estimate of drug-likeness (QED) is 0.741. The molecule has 0 radical (unpaired) electrons. The summed E-state index contributed by atoms with van der Waals surface area (Å²) in [7, 11) is 1.58. The van der Waals surface area contributed by atoms with E-state index in [9.17, 15) is 9.59 Å². The molecule has 0 spiro atoms. The molecule has 0 bridgehead atoms. The number of nitrogens with two attached hydrogens (primary N) is 1. The third-order valence-corrected chi connectivity index (χ3v) is 2.96. The first kappa shape index (κ1) is 14.6. The van der Waals surface area contributed by atoms with Gasteiger partial charge in [0.1, 0.15) is 17.4 Å². The Balaban J connectivity index is 2.24. The molecule has 0 amide bonds. The second kappa shape index (κ2) is 6.08. The average Bonchev–Trinajstić information content (AvgIpc) is 2.43. The number of aliphatic carboxylic acids is 1. The minimum absolute atomic E-state index is 0.0269. The van der Waals surface area contributed by atoms with Crippen molar-refractivity contribution < 1.29 is 14.6 Å². The summed E-state index contributed by atoms with van der Waals surface area (Å²) in [4.78, 5) is 29.1. The molecule has 2 aromatic rings. The van der Waals surface area contributed by atoms with Gasteiger partial charge in [0.25, 0.3) is 5.56 Å². The molecule has 0 fully saturated rings. The molecular formula is C14H15N3O4. The zero-order chi connectivity index (χ0) is 15.4. The molecule has 1 aromatic carbocycles. The van der Waals surface area contributed by atoms with Gasteiger partial charge in [-0.2, -0.15) is 0 Å². The Bertz CT molecular complexity index is 707. The second-order valence-corrected chi connectivity index (χ2v) is 4.47. The minimum atomic E-state index is -1.13. The number of nitrogens with zero attached hydrogens (tertiary/aromatic N) is 1. The van der Waals surface area contributed by atoms with Gasteiger partial charge in [-0.1, -0.05) is 12.1 Å². The molecule has 0 unspecified atom stereocenters. The number of carboxylic acid groups (broad SMARTS) is 1. The standard InChI is InChI=1S/C14H15N3O4/c1-21-9-4-2-8(3-5-9)6-11-16-13(15)10(7-12(18)19)14(20)17-11/h2-5H,6-7H2,1H3,(H,18,19)(H3,15,16,17,20). The van der Waals surface area contributed by atoms with Crippen LogP contribution in [0, 0.1) is 0 Å². The lowest BCUT2D eigenvalue weighted by Gasteiger charge is -2.06. The summed E-state index contributed by atoms with van der Waals surface area (Å²) in [6.45, 7) is 0. The Labute approximate surface area is 120 Å². The predicted octanol–water partition coefficient (Wildman–Crippen LogP) is 0.579. The van der Waals surface area contributed by atoms with E-state index in [1.807, 2.05) is 12.1 Å². The molecule has 110 valence electrons. The number of H-pyrrole nitrogens is 1. The fraction of sp³-hybridized carbons (Fsp3) is 0.214. The number of hydrogen-bond acceptors (Lipinski definition) is 5. The highest BCUT2D eigenvalue weighted by Gasteiger charge is 2.12. The molecule has 2 rings (SSSR count). The largest absolute Gasteiger partial charge is 0.497 e. The number of aromatic nitrogens is 2. The number of nitrogens with one attached hydrogen (secondary N) is 1. The Morgan fingerprint density at radius 2 is 2.05 bits per heavy atom. The fourth-order valence-corrected chi connectivity index (χ4v) is 1.91. The van der Waals surface area contributed by atoms with Gasteiger partial charge >= 0.3 is 5.97 Å². The molecule has 0 atom stereocenters. The summed E-state index contributed by atoms with van der Waals surface area (Å²) in [5.74, 6) is -0.0603. The first-order valence-electron chi connectivity index (χ1n) is 6.22. The number of ether oxygens (including phenoxy) is 1. The number of rotatable bonds is 5. The number of carbonyl (C=O) groups is 1. The van der Waals surface area contributed by atoms with Gasteiger partial charge in [0.2, 0.25) is 0 Å². The molecule has 21 heavy (non-hydrogen) atoms. The molecule has 0 saturated carbocycles. The van der Waals surface area contributed by atoms with Crippen LogP contribution < -0.4 is 16.0 Å². The Morgan fingerprint density at radius 3 is 2.57 bits per heavy atom. The van der Waals surface area contributed by atoms with Crippen LogP contribution in [0.2, 0.25) is 0 Å². The van der Waals surface area contributed by atoms with E-state index in [0.717, 1.165) is 11.3 Å².